The molecule has 1 aromatic heterocycles. The molecule has 0 spiro atoms. The van der Waals surface area contributed by atoms with Crippen molar-refractivity contribution in [3.8, 4) is 11.4 Å². The monoisotopic (exact) mass is 345 g/mol. The lowest BCUT2D eigenvalue weighted by Gasteiger charge is -2.19. The number of aromatic nitrogens is 3. The van der Waals surface area contributed by atoms with E-state index >= 15 is 0 Å². The molecule has 2 rings (SSSR count). The molecular weight excluding hydrogens is 314 g/mol. The number of unbranched alkanes of at least 4 members (excludes halogenated alkanes) is 2. The normalized spacial score (nSPS) is 13.2. The van der Waals surface area contributed by atoms with Gasteiger partial charge in [0, 0.05) is 12.1 Å². The standard InChI is InChI=1S/C20H31N3S/c1-6-7-8-9-15(2)14-23-18(21-22-19(23)24)16-10-12-17(13-11-16)20(3,4)5/h10-13,15H,6-9,14H2,1-5H3,(H,22,24)/t15-/m1/s1. The zero-order valence-corrected chi connectivity index (χ0v) is 16.5. The second kappa shape index (κ2) is 8.11. The summed E-state index contributed by atoms with van der Waals surface area (Å²) >= 11 is 5.46. The summed E-state index contributed by atoms with van der Waals surface area (Å²) in [6.07, 6.45) is 5.10. The Morgan fingerprint density at radius 2 is 1.83 bits per heavy atom. The largest absolute Gasteiger partial charge is 0.300 e. The Kier molecular flexibility index (Phi) is 6.39. The maximum Gasteiger partial charge on any atom is 0.195 e. The van der Waals surface area contributed by atoms with E-state index < -0.39 is 0 Å². The summed E-state index contributed by atoms with van der Waals surface area (Å²) in [5.74, 6) is 1.55. The first-order chi connectivity index (χ1) is 11.3. The Morgan fingerprint density at radius 3 is 2.42 bits per heavy atom. The van der Waals surface area contributed by atoms with Gasteiger partial charge in [-0.05, 0) is 35.5 Å². The van der Waals surface area contributed by atoms with Crippen LogP contribution in [0.1, 0.15) is 65.9 Å². The van der Waals surface area contributed by atoms with Gasteiger partial charge in [-0.1, -0.05) is 78.1 Å². The number of hydrogen-bond donors (Lipinski definition) is 1. The van der Waals surface area contributed by atoms with Crippen LogP contribution in [0.4, 0.5) is 0 Å². The third-order valence-corrected chi connectivity index (χ3v) is 4.87. The second-order valence-electron chi connectivity index (χ2n) is 7.89. The lowest BCUT2D eigenvalue weighted by molar-refractivity contribution is 0.429. The van der Waals surface area contributed by atoms with Crippen molar-refractivity contribution in [2.75, 3.05) is 0 Å². The van der Waals surface area contributed by atoms with Crippen molar-refractivity contribution >= 4 is 12.2 Å². The highest BCUT2D eigenvalue weighted by Crippen LogP contribution is 2.26. The van der Waals surface area contributed by atoms with Crippen LogP contribution in [-0.4, -0.2) is 14.8 Å². The number of aromatic amines is 1. The molecule has 1 heterocycles. The van der Waals surface area contributed by atoms with Crippen molar-refractivity contribution in [2.45, 2.75) is 72.3 Å². The Hall–Kier alpha value is -1.42. The molecule has 4 heteroatoms. The maximum absolute atomic E-state index is 5.46. The summed E-state index contributed by atoms with van der Waals surface area (Å²) in [5, 5.41) is 7.44. The number of hydrogen-bond acceptors (Lipinski definition) is 2. The van der Waals surface area contributed by atoms with Gasteiger partial charge in [0.25, 0.3) is 0 Å². The van der Waals surface area contributed by atoms with Crippen molar-refractivity contribution in [1.29, 1.82) is 0 Å². The van der Waals surface area contributed by atoms with Gasteiger partial charge in [0.1, 0.15) is 0 Å². The van der Waals surface area contributed by atoms with Crippen LogP contribution in [-0.2, 0) is 12.0 Å². The minimum Gasteiger partial charge on any atom is -0.300 e. The van der Waals surface area contributed by atoms with Crippen LogP contribution in [0.3, 0.4) is 0 Å². The molecule has 0 aliphatic rings. The number of benzene rings is 1. The minimum absolute atomic E-state index is 0.164. The molecule has 0 unspecified atom stereocenters. The summed E-state index contributed by atoms with van der Waals surface area (Å²) in [4.78, 5) is 0. The fraction of sp³-hybridized carbons (Fsp3) is 0.600. The summed E-state index contributed by atoms with van der Waals surface area (Å²) < 4.78 is 2.87. The van der Waals surface area contributed by atoms with Gasteiger partial charge < -0.3 is 0 Å². The molecule has 1 aromatic carbocycles. The van der Waals surface area contributed by atoms with E-state index in [1.807, 2.05) is 0 Å². The van der Waals surface area contributed by atoms with Crippen molar-refractivity contribution in [2.24, 2.45) is 5.92 Å². The number of nitrogens with one attached hydrogen (secondary N) is 1. The Morgan fingerprint density at radius 1 is 1.17 bits per heavy atom. The highest BCUT2D eigenvalue weighted by atomic mass is 32.1. The van der Waals surface area contributed by atoms with Gasteiger partial charge in [-0.15, -0.1) is 0 Å². The number of rotatable bonds is 7. The molecule has 24 heavy (non-hydrogen) atoms. The van der Waals surface area contributed by atoms with Crippen molar-refractivity contribution in [1.82, 2.24) is 14.8 Å². The van der Waals surface area contributed by atoms with Crippen molar-refractivity contribution in [3.05, 3.63) is 34.6 Å². The first kappa shape index (κ1) is 18.9. The van der Waals surface area contributed by atoms with Gasteiger partial charge in [0.05, 0.1) is 0 Å². The Bertz CT molecular complexity index is 689. The van der Waals surface area contributed by atoms with Crippen LogP contribution in [0.15, 0.2) is 24.3 Å². The van der Waals surface area contributed by atoms with Crippen LogP contribution in [0, 0.1) is 10.7 Å². The molecule has 0 bridgehead atoms. The average molecular weight is 346 g/mol. The van der Waals surface area contributed by atoms with E-state index in [2.05, 4.69) is 73.6 Å². The lowest BCUT2D eigenvalue weighted by Crippen LogP contribution is -2.11. The van der Waals surface area contributed by atoms with Crippen LogP contribution >= 0.6 is 12.2 Å². The summed E-state index contributed by atoms with van der Waals surface area (Å²) in [5.41, 5.74) is 2.62. The van der Waals surface area contributed by atoms with Gasteiger partial charge in [0.15, 0.2) is 10.6 Å². The quantitative estimate of drug-likeness (QED) is 0.484. The summed E-state index contributed by atoms with van der Waals surface area (Å²) in [6, 6.07) is 8.71. The molecule has 0 saturated heterocycles. The van der Waals surface area contributed by atoms with E-state index in [9.17, 15) is 0 Å². The molecule has 2 aromatic rings. The van der Waals surface area contributed by atoms with Gasteiger partial charge in [-0.25, -0.2) is 0 Å². The fourth-order valence-electron chi connectivity index (χ4n) is 2.97. The third kappa shape index (κ3) is 4.79. The molecule has 0 radical (unpaired) electrons. The Balaban J connectivity index is 2.19. The van der Waals surface area contributed by atoms with Gasteiger partial charge in [-0.3, -0.25) is 9.67 Å². The lowest BCUT2D eigenvalue weighted by atomic mass is 9.86. The van der Waals surface area contributed by atoms with Crippen molar-refractivity contribution in [3.63, 3.8) is 0 Å². The fourth-order valence-corrected chi connectivity index (χ4v) is 3.18. The molecule has 132 valence electrons. The van der Waals surface area contributed by atoms with Crippen molar-refractivity contribution < 1.29 is 0 Å². The molecule has 1 N–H and O–H groups in total. The molecule has 1 atom stereocenters. The van der Waals surface area contributed by atoms with E-state index in [1.54, 1.807) is 0 Å². The molecular formula is C20H31N3S. The predicted molar refractivity (Wildman–Crippen MR) is 105 cm³/mol. The predicted octanol–water partition coefficient (Wildman–Crippen LogP) is 6.12. The zero-order chi connectivity index (χ0) is 17.7. The first-order valence-electron chi connectivity index (χ1n) is 9.09. The van der Waals surface area contributed by atoms with E-state index in [0.717, 1.165) is 17.9 Å². The van der Waals surface area contributed by atoms with Gasteiger partial charge in [-0.2, -0.15) is 5.10 Å². The van der Waals surface area contributed by atoms with Crippen LogP contribution in [0.5, 0.6) is 0 Å². The molecule has 3 nitrogen and oxygen atoms in total. The molecule has 0 saturated carbocycles. The van der Waals surface area contributed by atoms with Crippen LogP contribution < -0.4 is 0 Å². The molecule has 0 aliphatic carbocycles. The SMILES string of the molecule is CCCCC[C@@H](C)Cn1c(-c2ccc(C(C)(C)C)cc2)n[nH]c1=S. The molecule has 0 fully saturated rings. The topological polar surface area (TPSA) is 33.6 Å². The number of H-pyrrole nitrogens is 1. The zero-order valence-electron chi connectivity index (χ0n) is 15.7. The van der Waals surface area contributed by atoms with Crippen LogP contribution in [0.2, 0.25) is 0 Å². The third-order valence-electron chi connectivity index (χ3n) is 4.56. The van der Waals surface area contributed by atoms with Gasteiger partial charge in [0.2, 0.25) is 0 Å². The van der Waals surface area contributed by atoms with E-state index in [-0.39, 0.29) is 5.41 Å². The van der Waals surface area contributed by atoms with E-state index in [0.29, 0.717) is 10.7 Å². The highest BCUT2D eigenvalue weighted by molar-refractivity contribution is 7.71. The van der Waals surface area contributed by atoms with Crippen LogP contribution in [0.25, 0.3) is 11.4 Å². The highest BCUT2D eigenvalue weighted by Gasteiger charge is 2.15. The smallest absolute Gasteiger partial charge is 0.195 e. The Labute approximate surface area is 151 Å². The second-order valence-corrected chi connectivity index (χ2v) is 8.28. The summed E-state index contributed by atoms with van der Waals surface area (Å²) in [6.45, 7) is 12.2. The van der Waals surface area contributed by atoms with E-state index in [4.69, 9.17) is 12.2 Å². The molecule has 0 amide bonds. The molecule has 0 aliphatic heterocycles. The summed E-state index contributed by atoms with van der Waals surface area (Å²) in [7, 11) is 0. The maximum atomic E-state index is 5.46. The van der Waals surface area contributed by atoms with Gasteiger partial charge >= 0.3 is 0 Å². The first-order valence-corrected chi connectivity index (χ1v) is 9.50. The van der Waals surface area contributed by atoms with E-state index in [1.165, 1.54) is 31.2 Å². The minimum atomic E-state index is 0.164. The average Bonchev–Trinajstić information content (AvgIpc) is 2.88. The number of nitrogens with zero attached hydrogens (tertiary/aromatic N) is 2.